The van der Waals surface area contributed by atoms with Gasteiger partial charge in [-0.15, -0.1) is 0 Å². The first-order valence-corrected chi connectivity index (χ1v) is 12.7. The van der Waals surface area contributed by atoms with E-state index < -0.39 is 24.6 Å². The van der Waals surface area contributed by atoms with Crippen molar-refractivity contribution >= 4 is 35.3 Å². The van der Waals surface area contributed by atoms with Gasteiger partial charge in [-0.1, -0.05) is 24.5 Å². The molecule has 9 heteroatoms. The van der Waals surface area contributed by atoms with Crippen LogP contribution in [0.15, 0.2) is 46.0 Å². The van der Waals surface area contributed by atoms with Crippen molar-refractivity contribution in [2.24, 2.45) is 10.7 Å². The maximum atomic E-state index is 14.1. The molecule has 2 heterocycles. The molecule has 3 aromatic rings. The van der Waals surface area contributed by atoms with Gasteiger partial charge in [0.2, 0.25) is 0 Å². The van der Waals surface area contributed by atoms with E-state index in [0.717, 1.165) is 24.8 Å². The summed E-state index contributed by atoms with van der Waals surface area (Å²) in [6.07, 6.45) is 3.08. The summed E-state index contributed by atoms with van der Waals surface area (Å²) in [5, 5.41) is 14.7. The largest absolute Gasteiger partial charge is 0.506 e. The van der Waals surface area contributed by atoms with Crippen LogP contribution in [0.1, 0.15) is 37.3 Å². The summed E-state index contributed by atoms with van der Waals surface area (Å²) in [6.45, 7) is 4.18. The van der Waals surface area contributed by atoms with Gasteiger partial charge < -0.3 is 19.5 Å². The minimum Gasteiger partial charge on any atom is -0.506 e. The average Bonchev–Trinajstić information content (AvgIpc) is 3.59. The second kappa shape index (κ2) is 8.12. The Balaban J connectivity index is 1.74. The van der Waals surface area contributed by atoms with Crippen LogP contribution in [0.5, 0.6) is 5.75 Å². The van der Waals surface area contributed by atoms with E-state index in [9.17, 15) is 18.9 Å². The van der Waals surface area contributed by atoms with Crippen LogP contribution < -0.4 is 16.2 Å². The standard InChI is InChI=1S/C24H25FN3O4P/c1-3-32-33(31)20-12-14(2)4-8-18(20)26-23(27-33)21-22(29)17-13-16(25)7-9-19(17)28(24(21)30)11-10-15-5-6-15/h4,7-9,12-13,15,29H,3,5-6,10-11H2,1-2H3,(H,26,27,31). The van der Waals surface area contributed by atoms with E-state index in [-0.39, 0.29) is 23.4 Å². The first-order valence-electron chi connectivity index (χ1n) is 11.1. The summed E-state index contributed by atoms with van der Waals surface area (Å²) < 4.78 is 39.3. The summed E-state index contributed by atoms with van der Waals surface area (Å²) >= 11 is 0. The van der Waals surface area contributed by atoms with Crippen LogP contribution in [-0.4, -0.2) is 22.1 Å². The zero-order chi connectivity index (χ0) is 23.3. The Morgan fingerprint density at radius 2 is 2.06 bits per heavy atom. The number of fused-ring (bicyclic) bond motifs is 2. The molecule has 0 amide bonds. The minimum absolute atomic E-state index is 0.0445. The molecule has 2 aromatic carbocycles. The molecule has 1 atom stereocenters. The molecule has 172 valence electrons. The van der Waals surface area contributed by atoms with Gasteiger partial charge >= 0.3 is 7.52 Å². The van der Waals surface area contributed by atoms with Gasteiger partial charge in [-0.3, -0.25) is 9.36 Å². The summed E-state index contributed by atoms with van der Waals surface area (Å²) in [6, 6.07) is 9.30. The van der Waals surface area contributed by atoms with Crippen molar-refractivity contribution < 1.29 is 18.6 Å². The first-order chi connectivity index (χ1) is 15.8. The Bertz CT molecular complexity index is 1410. The highest BCUT2D eigenvalue weighted by Gasteiger charge is 2.36. The number of aryl methyl sites for hydroxylation is 2. The molecule has 0 spiro atoms. The Hall–Kier alpha value is -2.96. The lowest BCUT2D eigenvalue weighted by Gasteiger charge is -2.26. The van der Waals surface area contributed by atoms with Gasteiger partial charge in [0, 0.05) is 11.9 Å². The smallest absolute Gasteiger partial charge is 0.348 e. The fourth-order valence-electron chi connectivity index (χ4n) is 4.27. The lowest BCUT2D eigenvalue weighted by Crippen LogP contribution is -2.33. The van der Waals surface area contributed by atoms with Gasteiger partial charge in [0.25, 0.3) is 5.56 Å². The third-order valence-electron chi connectivity index (χ3n) is 6.14. The zero-order valence-electron chi connectivity index (χ0n) is 18.5. The van der Waals surface area contributed by atoms with E-state index in [1.165, 1.54) is 18.2 Å². The molecule has 1 unspecified atom stereocenters. The fourth-order valence-corrected chi connectivity index (χ4v) is 6.14. The van der Waals surface area contributed by atoms with Gasteiger partial charge in [-0.2, -0.15) is 4.76 Å². The Labute approximate surface area is 190 Å². The molecule has 1 saturated carbocycles. The SMILES string of the molecule is CCOP1(=O)N=C(c2c(O)c3cc(F)ccc3n(CCC3CC3)c2=O)Nc2ccc(C)cc21. The van der Waals surface area contributed by atoms with Crippen molar-refractivity contribution in [3.05, 3.63) is 63.7 Å². The highest BCUT2D eigenvalue weighted by atomic mass is 31.2. The molecule has 1 aliphatic carbocycles. The normalized spacial score (nSPS) is 19.8. The van der Waals surface area contributed by atoms with Crippen LogP contribution in [-0.2, 0) is 15.6 Å². The van der Waals surface area contributed by atoms with Crippen molar-refractivity contribution in [2.45, 2.75) is 39.7 Å². The summed E-state index contributed by atoms with van der Waals surface area (Å²) in [4.78, 5) is 13.6. The lowest BCUT2D eigenvalue weighted by atomic mass is 10.1. The molecule has 1 aliphatic heterocycles. The van der Waals surface area contributed by atoms with Crippen LogP contribution in [0.4, 0.5) is 10.1 Å². The average molecular weight is 469 g/mol. The third kappa shape index (κ3) is 3.87. The number of benzene rings is 2. The second-order valence-electron chi connectivity index (χ2n) is 8.61. The molecular formula is C24H25FN3O4P. The first kappa shape index (κ1) is 21.9. The van der Waals surface area contributed by atoms with Crippen LogP contribution in [0.3, 0.4) is 0 Å². The molecule has 33 heavy (non-hydrogen) atoms. The molecule has 1 fully saturated rings. The van der Waals surface area contributed by atoms with Gasteiger partial charge in [-0.25, -0.2) is 4.39 Å². The number of anilines is 1. The van der Waals surface area contributed by atoms with Crippen molar-refractivity contribution in [3.8, 4) is 5.75 Å². The minimum atomic E-state index is -3.71. The van der Waals surface area contributed by atoms with E-state index in [4.69, 9.17) is 4.52 Å². The van der Waals surface area contributed by atoms with Crippen molar-refractivity contribution in [3.63, 3.8) is 0 Å². The van der Waals surface area contributed by atoms with Crippen molar-refractivity contribution in [1.29, 1.82) is 0 Å². The number of nitrogens with one attached hydrogen (secondary N) is 1. The fraction of sp³-hybridized carbons (Fsp3) is 0.333. The number of pyridine rings is 1. The molecule has 0 radical (unpaired) electrons. The molecule has 0 bridgehead atoms. The van der Waals surface area contributed by atoms with Gasteiger partial charge in [0.05, 0.1) is 23.1 Å². The van der Waals surface area contributed by atoms with Crippen LogP contribution in [0.2, 0.25) is 0 Å². The van der Waals surface area contributed by atoms with Gasteiger partial charge in [0.1, 0.15) is 17.1 Å². The molecule has 2 N–H and O–H groups in total. The highest BCUT2D eigenvalue weighted by molar-refractivity contribution is 7.66. The molecule has 2 aliphatic rings. The number of hydrogen-bond acceptors (Lipinski definition) is 5. The second-order valence-corrected chi connectivity index (χ2v) is 10.6. The predicted octanol–water partition coefficient (Wildman–Crippen LogP) is 4.68. The molecule has 5 rings (SSSR count). The molecule has 7 nitrogen and oxygen atoms in total. The van der Waals surface area contributed by atoms with Crippen molar-refractivity contribution in [1.82, 2.24) is 4.57 Å². The summed E-state index contributed by atoms with van der Waals surface area (Å²) in [7, 11) is -3.71. The Morgan fingerprint density at radius 3 is 2.79 bits per heavy atom. The molecule has 0 saturated heterocycles. The van der Waals surface area contributed by atoms with E-state index >= 15 is 0 Å². The zero-order valence-corrected chi connectivity index (χ0v) is 19.4. The topological polar surface area (TPSA) is 92.9 Å². The third-order valence-corrected chi connectivity index (χ3v) is 8.19. The Kier molecular flexibility index (Phi) is 5.38. The molecular weight excluding hydrogens is 444 g/mol. The highest BCUT2D eigenvalue weighted by Crippen LogP contribution is 2.52. The number of rotatable bonds is 6. The quantitative estimate of drug-likeness (QED) is 0.512. The Morgan fingerprint density at radius 1 is 1.27 bits per heavy atom. The number of aromatic hydroxyl groups is 1. The number of hydrogen-bond donors (Lipinski definition) is 2. The van der Waals surface area contributed by atoms with E-state index in [0.29, 0.717) is 29.0 Å². The summed E-state index contributed by atoms with van der Waals surface area (Å²) in [5.41, 5.74) is 1.21. The number of nitrogens with zero attached hydrogens (tertiary/aromatic N) is 2. The van der Waals surface area contributed by atoms with E-state index in [1.807, 2.05) is 13.0 Å². The maximum Gasteiger partial charge on any atom is 0.348 e. The number of halogens is 1. The van der Waals surface area contributed by atoms with E-state index in [1.54, 1.807) is 23.6 Å². The predicted molar refractivity (Wildman–Crippen MR) is 127 cm³/mol. The van der Waals surface area contributed by atoms with Crippen molar-refractivity contribution in [2.75, 3.05) is 11.9 Å². The lowest BCUT2D eigenvalue weighted by molar-refractivity contribution is 0.341. The summed E-state index contributed by atoms with van der Waals surface area (Å²) in [5.74, 6) is -0.405. The number of aromatic nitrogens is 1. The monoisotopic (exact) mass is 469 g/mol. The maximum absolute atomic E-state index is 14.1. The van der Waals surface area contributed by atoms with Gasteiger partial charge in [0.15, 0.2) is 5.84 Å². The van der Waals surface area contributed by atoms with Crippen LogP contribution in [0, 0.1) is 18.7 Å². The van der Waals surface area contributed by atoms with Crippen LogP contribution in [0.25, 0.3) is 10.9 Å². The van der Waals surface area contributed by atoms with E-state index in [2.05, 4.69) is 10.1 Å². The molecule has 1 aromatic heterocycles. The van der Waals surface area contributed by atoms with Crippen LogP contribution >= 0.6 is 7.52 Å². The number of amidine groups is 1. The van der Waals surface area contributed by atoms with Gasteiger partial charge in [-0.05, 0) is 56.5 Å².